The summed E-state index contributed by atoms with van der Waals surface area (Å²) in [7, 11) is 1.90. The van der Waals surface area contributed by atoms with Crippen LogP contribution in [-0.4, -0.2) is 22.4 Å². The largest absolute Gasteiger partial charge is 0.416 e. The number of nitrogens with one attached hydrogen (secondary N) is 1. The topological polar surface area (TPSA) is 55.9 Å². The molecule has 2 aromatic heterocycles. The standard InChI is InChI=1S/C20H23F3N4S/c1-3-13-11-25-27(2)19(13)15-9-18(28-12-15)26-16(10-24)8-14-6-4-5-7-17(14)20(21,22)23/h4-7,9,11-12,16,26H,3,8,10,24H2,1-2H3/t16-/m0/s1. The lowest BCUT2D eigenvalue weighted by molar-refractivity contribution is -0.138. The van der Waals surface area contributed by atoms with Crippen LogP contribution in [0.25, 0.3) is 11.3 Å². The molecule has 0 amide bonds. The third-order valence-corrected chi connectivity index (χ3v) is 5.55. The van der Waals surface area contributed by atoms with Gasteiger partial charge in [0.2, 0.25) is 0 Å². The number of aromatic nitrogens is 2. The molecular weight excluding hydrogens is 385 g/mol. The van der Waals surface area contributed by atoms with Gasteiger partial charge in [-0.05, 0) is 36.1 Å². The van der Waals surface area contributed by atoms with Crippen molar-refractivity contribution in [3.05, 3.63) is 58.6 Å². The van der Waals surface area contributed by atoms with Crippen molar-refractivity contribution in [1.29, 1.82) is 0 Å². The number of nitrogens with zero attached hydrogens (tertiary/aromatic N) is 2. The zero-order chi connectivity index (χ0) is 20.3. The predicted octanol–water partition coefficient (Wildman–Crippen LogP) is 4.71. The Morgan fingerprint density at radius 3 is 2.68 bits per heavy atom. The molecule has 1 atom stereocenters. The van der Waals surface area contributed by atoms with Crippen molar-refractivity contribution in [2.24, 2.45) is 12.8 Å². The van der Waals surface area contributed by atoms with Crippen molar-refractivity contribution >= 4 is 16.3 Å². The molecule has 4 nitrogen and oxygen atoms in total. The van der Waals surface area contributed by atoms with Crippen LogP contribution in [-0.2, 0) is 26.1 Å². The van der Waals surface area contributed by atoms with E-state index in [-0.39, 0.29) is 24.6 Å². The van der Waals surface area contributed by atoms with Gasteiger partial charge in [-0.1, -0.05) is 25.1 Å². The van der Waals surface area contributed by atoms with Crippen LogP contribution in [0.4, 0.5) is 18.2 Å². The van der Waals surface area contributed by atoms with Gasteiger partial charge in [0.15, 0.2) is 0 Å². The van der Waals surface area contributed by atoms with E-state index < -0.39 is 11.7 Å². The molecule has 0 spiro atoms. The summed E-state index contributed by atoms with van der Waals surface area (Å²) in [4.78, 5) is 0. The zero-order valence-corrected chi connectivity index (χ0v) is 16.6. The first-order valence-corrected chi connectivity index (χ1v) is 9.93. The Morgan fingerprint density at radius 1 is 1.25 bits per heavy atom. The highest BCUT2D eigenvalue weighted by Gasteiger charge is 2.33. The average molecular weight is 408 g/mol. The van der Waals surface area contributed by atoms with Crippen molar-refractivity contribution in [2.75, 3.05) is 11.9 Å². The van der Waals surface area contributed by atoms with Crippen LogP contribution in [0, 0.1) is 0 Å². The maximum absolute atomic E-state index is 13.2. The van der Waals surface area contributed by atoms with Gasteiger partial charge in [-0.15, -0.1) is 11.3 Å². The van der Waals surface area contributed by atoms with Crippen molar-refractivity contribution < 1.29 is 13.2 Å². The van der Waals surface area contributed by atoms with E-state index in [0.717, 1.165) is 34.3 Å². The molecule has 3 aromatic rings. The molecule has 28 heavy (non-hydrogen) atoms. The number of alkyl halides is 3. The molecule has 0 aliphatic carbocycles. The molecule has 0 saturated heterocycles. The summed E-state index contributed by atoms with van der Waals surface area (Å²) >= 11 is 1.51. The number of nitrogens with two attached hydrogens (primary N) is 1. The highest BCUT2D eigenvalue weighted by atomic mass is 32.1. The number of benzene rings is 1. The first-order valence-electron chi connectivity index (χ1n) is 9.05. The molecule has 0 fully saturated rings. The SMILES string of the molecule is CCc1cnn(C)c1-c1csc(N[C@H](CN)Cc2ccccc2C(F)(F)F)c1. The zero-order valence-electron chi connectivity index (χ0n) is 15.8. The van der Waals surface area contributed by atoms with Crippen LogP contribution in [0.2, 0.25) is 0 Å². The average Bonchev–Trinajstić information content (AvgIpc) is 3.26. The fourth-order valence-electron chi connectivity index (χ4n) is 3.28. The molecule has 8 heteroatoms. The molecule has 0 bridgehead atoms. The smallest absolute Gasteiger partial charge is 0.373 e. The van der Waals surface area contributed by atoms with Gasteiger partial charge in [-0.2, -0.15) is 18.3 Å². The Labute approximate surface area is 166 Å². The Kier molecular flexibility index (Phi) is 6.10. The first-order chi connectivity index (χ1) is 13.3. The van der Waals surface area contributed by atoms with Gasteiger partial charge in [-0.3, -0.25) is 4.68 Å². The first kappa shape index (κ1) is 20.4. The van der Waals surface area contributed by atoms with Crippen molar-refractivity contribution in [2.45, 2.75) is 32.0 Å². The lowest BCUT2D eigenvalue weighted by Crippen LogP contribution is -2.31. The summed E-state index contributed by atoms with van der Waals surface area (Å²) in [5, 5.41) is 10.5. The molecule has 0 unspecified atom stereocenters. The third kappa shape index (κ3) is 4.39. The van der Waals surface area contributed by atoms with Crippen LogP contribution in [0.1, 0.15) is 23.6 Å². The van der Waals surface area contributed by atoms with Gasteiger partial charge >= 0.3 is 6.18 Å². The number of anilines is 1. The Morgan fingerprint density at radius 2 is 2.00 bits per heavy atom. The van der Waals surface area contributed by atoms with E-state index in [2.05, 4.69) is 17.3 Å². The molecule has 0 aliphatic heterocycles. The Bertz CT molecular complexity index is 930. The third-order valence-electron chi connectivity index (χ3n) is 4.69. The normalized spacial score (nSPS) is 12.9. The second kappa shape index (κ2) is 8.36. The summed E-state index contributed by atoms with van der Waals surface area (Å²) in [6.07, 6.45) is -1.44. The van der Waals surface area contributed by atoms with E-state index in [1.54, 1.807) is 6.07 Å². The van der Waals surface area contributed by atoms with E-state index in [4.69, 9.17) is 5.73 Å². The van der Waals surface area contributed by atoms with Crippen LogP contribution in [0.3, 0.4) is 0 Å². The van der Waals surface area contributed by atoms with Gasteiger partial charge < -0.3 is 11.1 Å². The highest BCUT2D eigenvalue weighted by molar-refractivity contribution is 7.14. The number of halogens is 3. The molecule has 0 aliphatic rings. The molecule has 3 rings (SSSR count). The van der Waals surface area contributed by atoms with Crippen LogP contribution >= 0.6 is 11.3 Å². The van der Waals surface area contributed by atoms with E-state index >= 15 is 0 Å². The molecule has 3 N–H and O–H groups in total. The monoisotopic (exact) mass is 408 g/mol. The lowest BCUT2D eigenvalue weighted by atomic mass is 10.00. The number of hydrogen-bond acceptors (Lipinski definition) is 4. The van der Waals surface area contributed by atoms with Crippen molar-refractivity contribution in [3.8, 4) is 11.3 Å². The maximum Gasteiger partial charge on any atom is 0.416 e. The summed E-state index contributed by atoms with van der Waals surface area (Å²) < 4.78 is 41.6. The van der Waals surface area contributed by atoms with Crippen molar-refractivity contribution in [1.82, 2.24) is 9.78 Å². The second-order valence-corrected chi connectivity index (χ2v) is 7.54. The lowest BCUT2D eigenvalue weighted by Gasteiger charge is -2.19. The van der Waals surface area contributed by atoms with Crippen LogP contribution in [0.5, 0.6) is 0 Å². The second-order valence-electron chi connectivity index (χ2n) is 6.63. The summed E-state index contributed by atoms with van der Waals surface area (Å²) in [5.41, 5.74) is 8.73. The molecule has 1 aromatic carbocycles. The van der Waals surface area contributed by atoms with Crippen molar-refractivity contribution in [3.63, 3.8) is 0 Å². The molecular formula is C20H23F3N4S. The van der Waals surface area contributed by atoms with E-state index in [1.165, 1.54) is 23.5 Å². The van der Waals surface area contributed by atoms with E-state index in [9.17, 15) is 13.2 Å². The maximum atomic E-state index is 13.2. The molecule has 150 valence electrons. The Hall–Kier alpha value is -2.32. The minimum atomic E-state index is -4.37. The van der Waals surface area contributed by atoms with E-state index in [0.29, 0.717) is 0 Å². The molecule has 0 radical (unpaired) electrons. The van der Waals surface area contributed by atoms with Gasteiger partial charge in [0.1, 0.15) is 0 Å². The van der Waals surface area contributed by atoms with Crippen LogP contribution in [0.15, 0.2) is 41.9 Å². The fourth-order valence-corrected chi connectivity index (χ4v) is 4.15. The number of aryl methyl sites for hydroxylation is 2. The number of rotatable bonds is 7. The predicted molar refractivity (Wildman–Crippen MR) is 108 cm³/mol. The van der Waals surface area contributed by atoms with Gasteiger partial charge in [0.05, 0.1) is 22.5 Å². The quantitative estimate of drug-likeness (QED) is 0.595. The summed E-state index contributed by atoms with van der Waals surface area (Å²) in [6.45, 7) is 2.31. The highest BCUT2D eigenvalue weighted by Crippen LogP contribution is 2.34. The van der Waals surface area contributed by atoms with Gasteiger partial charge in [0, 0.05) is 30.6 Å². The fraction of sp³-hybridized carbons (Fsp3) is 0.350. The van der Waals surface area contributed by atoms with E-state index in [1.807, 2.05) is 29.4 Å². The van der Waals surface area contributed by atoms with Gasteiger partial charge in [0.25, 0.3) is 0 Å². The number of thiophene rings is 1. The van der Waals surface area contributed by atoms with Crippen LogP contribution < -0.4 is 11.1 Å². The number of hydrogen-bond donors (Lipinski definition) is 2. The Balaban J connectivity index is 1.78. The summed E-state index contributed by atoms with van der Waals surface area (Å²) in [6, 6.07) is 7.35. The minimum absolute atomic E-state index is 0.200. The molecule has 2 heterocycles. The minimum Gasteiger partial charge on any atom is -0.373 e. The summed E-state index contributed by atoms with van der Waals surface area (Å²) in [5.74, 6) is 0. The van der Waals surface area contributed by atoms with Gasteiger partial charge in [-0.25, -0.2) is 0 Å². The molecule has 0 saturated carbocycles.